The quantitative estimate of drug-likeness (QED) is 0.373. The molecule has 1 unspecified atom stereocenters. The number of halogens is 4. The standard InChI is InChI=1S/C25H22F4N6O2/c1-14-20(12-33-35(14)18-3-5-19(36)6-4-18)15-8-22(23-16(9-30)10-32-34(23)13-15)37-24(25(27,28)29)21-7-2-17(26)11-31-21/h2,7-8,10-13,18-19,24,36H,3-6H2,1H3. The van der Waals surface area contributed by atoms with Gasteiger partial charge in [0.25, 0.3) is 0 Å². The largest absolute Gasteiger partial charge is 0.472 e. The first-order chi connectivity index (χ1) is 17.7. The topological polar surface area (TPSA) is 101 Å². The van der Waals surface area contributed by atoms with Crippen LogP contribution in [0.15, 0.2) is 43.0 Å². The SMILES string of the molecule is Cc1c(-c2cc(OC(c3ccc(F)cn3)C(F)(F)F)c3c(C#N)cnn3c2)cnn1C1CCC(O)CC1. The van der Waals surface area contributed by atoms with Crippen molar-refractivity contribution in [2.75, 3.05) is 0 Å². The number of pyridine rings is 2. The highest BCUT2D eigenvalue weighted by molar-refractivity contribution is 5.76. The first-order valence-corrected chi connectivity index (χ1v) is 11.6. The van der Waals surface area contributed by atoms with Crippen molar-refractivity contribution >= 4 is 5.52 Å². The first-order valence-electron chi connectivity index (χ1n) is 11.6. The number of rotatable bonds is 5. The lowest BCUT2D eigenvalue weighted by atomic mass is 9.93. The van der Waals surface area contributed by atoms with E-state index >= 15 is 0 Å². The minimum atomic E-state index is -4.88. The highest BCUT2D eigenvalue weighted by Gasteiger charge is 2.44. The Balaban J connectivity index is 1.59. The van der Waals surface area contributed by atoms with Crippen LogP contribution in [-0.4, -0.2) is 41.8 Å². The first kappa shape index (κ1) is 24.7. The number of aromatic nitrogens is 5. The van der Waals surface area contributed by atoms with Crippen molar-refractivity contribution in [1.82, 2.24) is 24.4 Å². The summed E-state index contributed by atoms with van der Waals surface area (Å²) in [5, 5.41) is 28.0. The maximum Gasteiger partial charge on any atom is 0.431 e. The molecule has 1 fully saturated rings. The molecular formula is C25H22F4N6O2. The average molecular weight is 514 g/mol. The second-order valence-corrected chi connectivity index (χ2v) is 9.05. The summed E-state index contributed by atoms with van der Waals surface area (Å²) >= 11 is 0. The summed E-state index contributed by atoms with van der Waals surface area (Å²) in [6.45, 7) is 1.86. The van der Waals surface area contributed by atoms with E-state index in [-0.39, 0.29) is 29.0 Å². The number of aliphatic hydroxyl groups is 1. The van der Waals surface area contributed by atoms with Crippen LogP contribution in [0.3, 0.4) is 0 Å². The third-order valence-electron chi connectivity index (χ3n) is 6.63. The molecule has 4 heterocycles. The van der Waals surface area contributed by atoms with Gasteiger partial charge in [0.05, 0.1) is 36.4 Å². The van der Waals surface area contributed by atoms with Crippen molar-refractivity contribution < 1.29 is 27.4 Å². The van der Waals surface area contributed by atoms with E-state index in [4.69, 9.17) is 4.74 Å². The van der Waals surface area contributed by atoms with Gasteiger partial charge >= 0.3 is 6.18 Å². The predicted molar refractivity (Wildman–Crippen MR) is 123 cm³/mol. The number of hydrogen-bond acceptors (Lipinski definition) is 6. The molecule has 1 atom stereocenters. The van der Waals surface area contributed by atoms with Crippen LogP contribution in [0.4, 0.5) is 17.6 Å². The number of hydrogen-bond donors (Lipinski definition) is 1. The second kappa shape index (κ2) is 9.48. The molecule has 0 bridgehead atoms. The van der Waals surface area contributed by atoms with Crippen LogP contribution < -0.4 is 4.74 Å². The fourth-order valence-electron chi connectivity index (χ4n) is 4.75. The van der Waals surface area contributed by atoms with Gasteiger partial charge in [-0.2, -0.15) is 28.6 Å². The molecule has 0 aliphatic heterocycles. The third kappa shape index (κ3) is 4.74. The maximum absolute atomic E-state index is 14.0. The van der Waals surface area contributed by atoms with E-state index in [2.05, 4.69) is 15.2 Å². The van der Waals surface area contributed by atoms with Crippen molar-refractivity contribution in [1.29, 1.82) is 5.26 Å². The van der Waals surface area contributed by atoms with Gasteiger partial charge in [0.15, 0.2) is 0 Å². The van der Waals surface area contributed by atoms with Crippen LogP contribution in [0.2, 0.25) is 0 Å². The van der Waals surface area contributed by atoms with E-state index in [1.807, 2.05) is 17.7 Å². The lowest BCUT2D eigenvalue weighted by molar-refractivity contribution is -0.198. The molecule has 5 rings (SSSR count). The van der Waals surface area contributed by atoms with Crippen LogP contribution in [-0.2, 0) is 0 Å². The van der Waals surface area contributed by atoms with Crippen molar-refractivity contribution in [3.05, 3.63) is 65.8 Å². The van der Waals surface area contributed by atoms with E-state index in [1.54, 1.807) is 12.4 Å². The number of nitriles is 1. The lowest BCUT2D eigenvalue weighted by Crippen LogP contribution is -2.27. The molecule has 0 amide bonds. The van der Waals surface area contributed by atoms with Gasteiger partial charge in [-0.25, -0.2) is 8.91 Å². The number of aliphatic hydroxyl groups excluding tert-OH is 1. The molecule has 37 heavy (non-hydrogen) atoms. The highest BCUT2D eigenvalue weighted by atomic mass is 19.4. The maximum atomic E-state index is 14.0. The Labute approximate surface area is 208 Å². The summed E-state index contributed by atoms with van der Waals surface area (Å²) in [4.78, 5) is 3.57. The smallest absolute Gasteiger partial charge is 0.431 e. The second-order valence-electron chi connectivity index (χ2n) is 9.05. The molecule has 0 aromatic carbocycles. The molecule has 4 aromatic heterocycles. The summed E-state index contributed by atoms with van der Waals surface area (Å²) in [7, 11) is 0. The number of ether oxygens (including phenoxy) is 1. The van der Waals surface area contributed by atoms with Crippen molar-refractivity contribution in [3.63, 3.8) is 0 Å². The predicted octanol–water partition coefficient (Wildman–Crippen LogP) is 5.07. The fraction of sp³-hybridized carbons (Fsp3) is 0.360. The summed E-state index contributed by atoms with van der Waals surface area (Å²) < 4.78 is 64.1. The van der Waals surface area contributed by atoms with Gasteiger partial charge in [-0.15, -0.1) is 0 Å². The number of fused-ring (bicyclic) bond motifs is 1. The average Bonchev–Trinajstić information content (AvgIpc) is 3.46. The molecule has 0 radical (unpaired) electrons. The summed E-state index contributed by atoms with van der Waals surface area (Å²) in [5.74, 6) is -1.01. The zero-order chi connectivity index (χ0) is 26.3. The van der Waals surface area contributed by atoms with Crippen molar-refractivity contribution in [2.45, 2.75) is 57.0 Å². The minimum absolute atomic E-state index is 0.0303. The molecule has 0 spiro atoms. The molecule has 1 N–H and O–H groups in total. The van der Waals surface area contributed by atoms with Crippen LogP contribution in [0.1, 0.15) is 54.8 Å². The molecule has 8 nitrogen and oxygen atoms in total. The molecule has 4 aromatic rings. The third-order valence-corrected chi connectivity index (χ3v) is 6.63. The van der Waals surface area contributed by atoms with Crippen LogP contribution in [0.25, 0.3) is 16.6 Å². The van der Waals surface area contributed by atoms with E-state index in [0.717, 1.165) is 30.7 Å². The molecule has 1 aliphatic rings. The van der Waals surface area contributed by atoms with E-state index in [9.17, 15) is 27.9 Å². The van der Waals surface area contributed by atoms with Crippen LogP contribution >= 0.6 is 0 Å². The monoisotopic (exact) mass is 514 g/mol. The Morgan fingerprint density at radius 3 is 2.54 bits per heavy atom. The molecule has 1 aliphatic carbocycles. The van der Waals surface area contributed by atoms with Crippen molar-refractivity contribution in [2.24, 2.45) is 0 Å². The number of nitrogens with zero attached hydrogens (tertiary/aromatic N) is 6. The van der Waals surface area contributed by atoms with Crippen LogP contribution in [0, 0.1) is 24.1 Å². The van der Waals surface area contributed by atoms with E-state index in [1.165, 1.54) is 16.8 Å². The summed E-state index contributed by atoms with van der Waals surface area (Å²) in [6, 6.07) is 5.22. The molecular weight excluding hydrogens is 492 g/mol. The lowest BCUT2D eigenvalue weighted by Gasteiger charge is -2.26. The van der Waals surface area contributed by atoms with E-state index in [0.29, 0.717) is 30.2 Å². The fourth-order valence-corrected chi connectivity index (χ4v) is 4.75. The van der Waals surface area contributed by atoms with Gasteiger partial charge < -0.3 is 9.84 Å². The van der Waals surface area contributed by atoms with Crippen LogP contribution in [0.5, 0.6) is 5.75 Å². The van der Waals surface area contributed by atoms with Gasteiger partial charge in [0, 0.05) is 23.0 Å². The Morgan fingerprint density at radius 1 is 1.14 bits per heavy atom. The van der Waals surface area contributed by atoms with Gasteiger partial charge in [-0.1, -0.05) is 0 Å². The molecule has 1 saturated carbocycles. The summed E-state index contributed by atoms with van der Waals surface area (Å²) in [5.41, 5.74) is 1.51. The zero-order valence-electron chi connectivity index (χ0n) is 19.7. The Morgan fingerprint density at radius 2 is 1.89 bits per heavy atom. The Kier molecular flexibility index (Phi) is 6.33. The molecule has 192 valence electrons. The van der Waals surface area contributed by atoms with Gasteiger partial charge in [0.2, 0.25) is 6.10 Å². The van der Waals surface area contributed by atoms with Crippen molar-refractivity contribution in [3.8, 4) is 22.9 Å². The normalized spacial score (nSPS) is 19.1. The van der Waals surface area contributed by atoms with Gasteiger partial charge in [-0.3, -0.25) is 9.67 Å². The van der Waals surface area contributed by atoms with Gasteiger partial charge in [-0.05, 0) is 50.8 Å². The minimum Gasteiger partial charge on any atom is -0.472 e. The Hall–Kier alpha value is -3.98. The molecule has 12 heteroatoms. The Bertz CT molecular complexity index is 1460. The van der Waals surface area contributed by atoms with Gasteiger partial charge in [0.1, 0.15) is 28.7 Å². The van der Waals surface area contributed by atoms with E-state index < -0.39 is 23.8 Å². The molecule has 0 saturated heterocycles. The zero-order valence-corrected chi connectivity index (χ0v) is 19.7. The number of alkyl halides is 3. The highest BCUT2D eigenvalue weighted by Crippen LogP contribution is 2.40. The summed E-state index contributed by atoms with van der Waals surface area (Å²) in [6.07, 6.45) is 0.317.